The number of hydrogen-bond acceptors (Lipinski definition) is 6. The normalized spacial score (nSPS) is 16.6. The van der Waals surface area contributed by atoms with Gasteiger partial charge in [0.05, 0.1) is 31.0 Å². The summed E-state index contributed by atoms with van der Waals surface area (Å²) in [6.07, 6.45) is 1.75. The minimum atomic E-state index is -0.121. The van der Waals surface area contributed by atoms with Crippen LogP contribution in [0.2, 0.25) is 0 Å². The summed E-state index contributed by atoms with van der Waals surface area (Å²) in [5.41, 5.74) is 2.08. The lowest BCUT2D eigenvalue weighted by Gasteiger charge is -2.31. The van der Waals surface area contributed by atoms with Crippen molar-refractivity contribution in [3.05, 3.63) is 39.8 Å². The Balaban J connectivity index is 1.52. The minimum Gasteiger partial charge on any atom is -0.497 e. The number of methoxy groups -OCH3 is 2. The molecular formula is C21H29N3O3S. The van der Waals surface area contributed by atoms with Gasteiger partial charge in [-0.05, 0) is 51.9 Å². The van der Waals surface area contributed by atoms with Crippen molar-refractivity contribution < 1.29 is 14.3 Å². The van der Waals surface area contributed by atoms with Gasteiger partial charge in [-0.25, -0.2) is 4.98 Å². The van der Waals surface area contributed by atoms with Gasteiger partial charge in [0.25, 0.3) is 0 Å². The molecule has 0 spiro atoms. The maximum absolute atomic E-state index is 12.8. The molecule has 1 aliphatic rings. The number of aromatic nitrogens is 1. The molecule has 1 atom stereocenters. The fraction of sp³-hybridized carbons (Fsp3) is 0.524. The van der Waals surface area contributed by atoms with Crippen LogP contribution in [-0.4, -0.2) is 43.1 Å². The number of rotatable bonds is 7. The molecule has 1 saturated heterocycles. The summed E-state index contributed by atoms with van der Waals surface area (Å²) >= 11 is 1.69. The van der Waals surface area contributed by atoms with Crippen LogP contribution >= 0.6 is 11.3 Å². The van der Waals surface area contributed by atoms with Crippen molar-refractivity contribution in [3.8, 4) is 11.5 Å². The third kappa shape index (κ3) is 5.02. The summed E-state index contributed by atoms with van der Waals surface area (Å²) in [7, 11) is 3.26. The maximum Gasteiger partial charge on any atom is 0.223 e. The number of thiazole rings is 1. The molecule has 0 radical (unpaired) electrons. The smallest absolute Gasteiger partial charge is 0.223 e. The van der Waals surface area contributed by atoms with Crippen LogP contribution < -0.4 is 14.8 Å². The number of nitrogens with zero attached hydrogens (tertiary/aromatic N) is 2. The summed E-state index contributed by atoms with van der Waals surface area (Å²) in [5, 5.41) is 6.38. The van der Waals surface area contributed by atoms with E-state index in [1.54, 1.807) is 25.6 Å². The molecule has 1 unspecified atom stereocenters. The van der Waals surface area contributed by atoms with E-state index in [1.807, 2.05) is 32.0 Å². The van der Waals surface area contributed by atoms with Gasteiger partial charge in [-0.3, -0.25) is 9.69 Å². The monoisotopic (exact) mass is 403 g/mol. The number of likely N-dealkylation sites (tertiary alicyclic amines) is 1. The molecule has 1 N–H and O–H groups in total. The fourth-order valence-electron chi connectivity index (χ4n) is 3.65. The molecule has 3 rings (SSSR count). The summed E-state index contributed by atoms with van der Waals surface area (Å²) in [6.45, 7) is 6.74. The maximum atomic E-state index is 12.8. The van der Waals surface area contributed by atoms with Crippen LogP contribution in [0.4, 0.5) is 0 Å². The zero-order valence-corrected chi connectivity index (χ0v) is 17.8. The highest BCUT2D eigenvalue weighted by molar-refractivity contribution is 7.09. The molecular weight excluding hydrogens is 374 g/mol. The number of nitrogens with one attached hydrogen (secondary N) is 1. The van der Waals surface area contributed by atoms with E-state index in [-0.39, 0.29) is 17.9 Å². The van der Waals surface area contributed by atoms with Crippen LogP contribution in [-0.2, 0) is 11.3 Å². The van der Waals surface area contributed by atoms with E-state index in [1.165, 1.54) is 0 Å². The molecule has 1 fully saturated rings. The summed E-state index contributed by atoms with van der Waals surface area (Å²) in [4.78, 5) is 19.7. The van der Waals surface area contributed by atoms with Gasteiger partial charge in [0, 0.05) is 29.5 Å². The number of ether oxygens (including phenoxy) is 2. The number of carbonyl (C=O) groups is 1. The molecule has 0 saturated carbocycles. The molecule has 1 amide bonds. The highest BCUT2D eigenvalue weighted by Gasteiger charge is 2.27. The van der Waals surface area contributed by atoms with E-state index in [4.69, 9.17) is 9.47 Å². The van der Waals surface area contributed by atoms with Crippen molar-refractivity contribution in [2.45, 2.75) is 39.3 Å². The first-order chi connectivity index (χ1) is 13.5. The summed E-state index contributed by atoms with van der Waals surface area (Å²) in [5.74, 6) is 1.64. The van der Waals surface area contributed by atoms with Gasteiger partial charge in [-0.1, -0.05) is 0 Å². The Morgan fingerprint density at radius 3 is 2.68 bits per heavy atom. The Kier molecular flexibility index (Phi) is 6.91. The molecule has 7 heteroatoms. The molecule has 0 aliphatic carbocycles. The predicted octanol–water partition coefficient (Wildman–Crippen LogP) is 3.56. The topological polar surface area (TPSA) is 63.7 Å². The molecule has 0 bridgehead atoms. The second-order valence-corrected chi connectivity index (χ2v) is 8.31. The van der Waals surface area contributed by atoms with Crippen molar-refractivity contribution in [1.29, 1.82) is 0 Å². The van der Waals surface area contributed by atoms with Crippen molar-refractivity contribution in [2.24, 2.45) is 5.92 Å². The third-order valence-electron chi connectivity index (χ3n) is 5.28. The van der Waals surface area contributed by atoms with E-state index in [0.717, 1.165) is 60.2 Å². The average molecular weight is 404 g/mol. The van der Waals surface area contributed by atoms with E-state index in [9.17, 15) is 4.79 Å². The van der Waals surface area contributed by atoms with Crippen molar-refractivity contribution in [2.75, 3.05) is 27.3 Å². The van der Waals surface area contributed by atoms with Crippen LogP contribution in [0.3, 0.4) is 0 Å². The largest absolute Gasteiger partial charge is 0.497 e. The number of carbonyl (C=O) groups excluding carboxylic acids is 1. The van der Waals surface area contributed by atoms with Gasteiger partial charge < -0.3 is 14.8 Å². The lowest BCUT2D eigenvalue weighted by atomic mass is 9.95. The second kappa shape index (κ2) is 9.39. The highest BCUT2D eigenvalue weighted by Crippen LogP contribution is 2.30. The van der Waals surface area contributed by atoms with Crippen LogP contribution in [0.1, 0.15) is 42.1 Å². The van der Waals surface area contributed by atoms with Gasteiger partial charge >= 0.3 is 0 Å². The van der Waals surface area contributed by atoms with Crippen molar-refractivity contribution >= 4 is 17.2 Å². The second-order valence-electron chi connectivity index (χ2n) is 7.25. The van der Waals surface area contributed by atoms with Crippen molar-refractivity contribution in [1.82, 2.24) is 15.2 Å². The number of hydrogen-bond donors (Lipinski definition) is 1. The van der Waals surface area contributed by atoms with E-state index < -0.39 is 0 Å². The quantitative estimate of drug-likeness (QED) is 0.766. The van der Waals surface area contributed by atoms with Gasteiger partial charge in [0.15, 0.2) is 0 Å². The molecule has 2 heterocycles. The Morgan fingerprint density at radius 1 is 1.32 bits per heavy atom. The Morgan fingerprint density at radius 2 is 2.07 bits per heavy atom. The van der Waals surface area contributed by atoms with E-state index in [2.05, 4.69) is 20.6 Å². The third-order valence-corrected chi connectivity index (χ3v) is 6.10. The number of piperidine rings is 1. The highest BCUT2D eigenvalue weighted by atomic mass is 32.1. The first-order valence-corrected chi connectivity index (χ1v) is 10.5. The molecule has 1 aliphatic heterocycles. The summed E-state index contributed by atoms with van der Waals surface area (Å²) < 4.78 is 10.7. The molecule has 28 heavy (non-hydrogen) atoms. The first kappa shape index (κ1) is 20.6. The Labute approximate surface area is 170 Å². The molecule has 1 aromatic heterocycles. The van der Waals surface area contributed by atoms with E-state index >= 15 is 0 Å². The molecule has 152 valence electrons. The zero-order chi connectivity index (χ0) is 20.1. The average Bonchev–Trinajstić information content (AvgIpc) is 3.12. The Bertz CT molecular complexity index is 800. The van der Waals surface area contributed by atoms with E-state index in [0.29, 0.717) is 0 Å². The van der Waals surface area contributed by atoms with Crippen LogP contribution in [0.25, 0.3) is 0 Å². The SMILES string of the molecule is COc1ccc(C(C)NC(=O)C2CCN(Cc3csc(C)n3)CC2)c(OC)c1. The van der Waals surface area contributed by atoms with Crippen LogP contribution in [0.5, 0.6) is 11.5 Å². The number of amides is 1. The van der Waals surface area contributed by atoms with Crippen LogP contribution in [0.15, 0.2) is 23.6 Å². The summed E-state index contributed by atoms with van der Waals surface area (Å²) in [6, 6.07) is 5.56. The zero-order valence-electron chi connectivity index (χ0n) is 17.0. The standard InChI is InChI=1S/C21H29N3O3S/c1-14(19-6-5-18(26-3)11-20(19)27-4)22-21(25)16-7-9-24(10-8-16)12-17-13-28-15(2)23-17/h5-6,11,13-14,16H,7-10,12H2,1-4H3,(H,22,25). The first-order valence-electron chi connectivity index (χ1n) is 9.65. The van der Waals surface area contributed by atoms with Gasteiger partial charge in [-0.15, -0.1) is 11.3 Å². The number of aryl methyl sites for hydroxylation is 1. The van der Waals surface area contributed by atoms with Gasteiger partial charge in [-0.2, -0.15) is 0 Å². The van der Waals surface area contributed by atoms with Gasteiger partial charge in [0.1, 0.15) is 11.5 Å². The Hall–Kier alpha value is -2.12. The molecule has 2 aromatic rings. The van der Waals surface area contributed by atoms with Crippen molar-refractivity contribution in [3.63, 3.8) is 0 Å². The molecule has 1 aromatic carbocycles. The fourth-order valence-corrected chi connectivity index (χ4v) is 4.25. The lowest BCUT2D eigenvalue weighted by Crippen LogP contribution is -2.41. The molecule has 6 nitrogen and oxygen atoms in total. The number of benzene rings is 1. The minimum absolute atomic E-state index is 0.0557. The van der Waals surface area contributed by atoms with Crippen LogP contribution in [0, 0.1) is 12.8 Å². The predicted molar refractivity (Wildman–Crippen MR) is 111 cm³/mol. The lowest BCUT2D eigenvalue weighted by molar-refractivity contribution is -0.127. The van der Waals surface area contributed by atoms with Gasteiger partial charge in [0.2, 0.25) is 5.91 Å².